The van der Waals surface area contributed by atoms with Gasteiger partial charge >= 0.3 is 0 Å². The first-order chi connectivity index (χ1) is 13.7. The van der Waals surface area contributed by atoms with Crippen LogP contribution in [-0.4, -0.2) is 29.2 Å². The Labute approximate surface area is 164 Å². The molecule has 1 aromatic heterocycles. The van der Waals surface area contributed by atoms with Crippen molar-refractivity contribution in [3.05, 3.63) is 77.9 Å². The van der Waals surface area contributed by atoms with Gasteiger partial charge < -0.3 is 19.4 Å². The van der Waals surface area contributed by atoms with Crippen molar-refractivity contribution in [2.45, 2.75) is 12.5 Å². The quantitative estimate of drug-likeness (QED) is 0.743. The van der Waals surface area contributed by atoms with Crippen LogP contribution in [0.25, 0.3) is 0 Å². The molecule has 1 amide bonds. The average molecular weight is 377 g/mol. The number of aromatic nitrogens is 2. The van der Waals surface area contributed by atoms with Gasteiger partial charge in [-0.25, -0.2) is 4.98 Å². The Morgan fingerprint density at radius 3 is 2.82 bits per heavy atom. The largest absolute Gasteiger partial charge is 0.496 e. The Balaban J connectivity index is 1.62. The van der Waals surface area contributed by atoms with Crippen molar-refractivity contribution in [2.24, 2.45) is 13.0 Å². The third-order valence-corrected chi connectivity index (χ3v) is 5.10. The molecule has 0 aliphatic carbocycles. The molecule has 0 fully saturated rings. The summed E-state index contributed by atoms with van der Waals surface area (Å²) < 4.78 is 13.2. The lowest BCUT2D eigenvalue weighted by Gasteiger charge is -2.27. The van der Waals surface area contributed by atoms with E-state index in [-0.39, 0.29) is 11.8 Å². The highest BCUT2D eigenvalue weighted by atomic mass is 16.5. The number of amides is 1. The molecule has 2 unspecified atom stereocenters. The lowest BCUT2D eigenvalue weighted by molar-refractivity contribution is -0.126. The minimum Gasteiger partial charge on any atom is -0.496 e. The van der Waals surface area contributed by atoms with Crippen LogP contribution in [0.1, 0.15) is 23.0 Å². The maximum absolute atomic E-state index is 13.1. The first kappa shape index (κ1) is 18.1. The SMILES string of the molecule is COc1ccccc1C(NC(=O)C1COc2ccccc2C1)c1nccn1C. The predicted molar refractivity (Wildman–Crippen MR) is 105 cm³/mol. The summed E-state index contributed by atoms with van der Waals surface area (Å²) in [6, 6.07) is 15.1. The second-order valence-corrected chi connectivity index (χ2v) is 6.90. The number of nitrogens with one attached hydrogen (secondary N) is 1. The van der Waals surface area contributed by atoms with Crippen LogP contribution in [0.15, 0.2) is 60.9 Å². The Hall–Kier alpha value is -3.28. The Morgan fingerprint density at radius 2 is 2.04 bits per heavy atom. The molecule has 1 aliphatic heterocycles. The predicted octanol–water partition coefficient (Wildman–Crippen LogP) is 2.89. The Morgan fingerprint density at radius 1 is 1.25 bits per heavy atom. The summed E-state index contributed by atoms with van der Waals surface area (Å²) in [6.07, 6.45) is 4.24. The molecule has 6 nitrogen and oxygen atoms in total. The van der Waals surface area contributed by atoms with E-state index < -0.39 is 6.04 Å². The molecule has 2 atom stereocenters. The number of benzene rings is 2. The van der Waals surface area contributed by atoms with Crippen LogP contribution in [0.5, 0.6) is 11.5 Å². The van der Waals surface area contributed by atoms with Gasteiger partial charge in [0.2, 0.25) is 5.91 Å². The summed E-state index contributed by atoms with van der Waals surface area (Å²) in [5.74, 6) is 1.99. The van der Waals surface area contributed by atoms with Gasteiger partial charge in [0.1, 0.15) is 30.0 Å². The molecule has 0 saturated carbocycles. The van der Waals surface area contributed by atoms with Crippen LogP contribution in [0.4, 0.5) is 0 Å². The van der Waals surface area contributed by atoms with Gasteiger partial charge in [-0.05, 0) is 24.1 Å². The molecule has 0 radical (unpaired) electrons. The fraction of sp³-hybridized carbons (Fsp3) is 0.273. The van der Waals surface area contributed by atoms with Gasteiger partial charge in [0.05, 0.1) is 13.0 Å². The highest BCUT2D eigenvalue weighted by Gasteiger charge is 2.30. The lowest BCUT2D eigenvalue weighted by atomic mass is 9.95. The van der Waals surface area contributed by atoms with Crippen LogP contribution >= 0.6 is 0 Å². The summed E-state index contributed by atoms with van der Waals surface area (Å²) in [5.41, 5.74) is 1.92. The molecule has 6 heteroatoms. The number of nitrogens with zero attached hydrogens (tertiary/aromatic N) is 2. The summed E-state index contributed by atoms with van der Waals surface area (Å²) in [5, 5.41) is 3.17. The molecule has 3 aromatic rings. The van der Waals surface area contributed by atoms with Crippen LogP contribution in [-0.2, 0) is 18.3 Å². The number of carbonyl (C=O) groups is 1. The lowest BCUT2D eigenvalue weighted by Crippen LogP contribution is -2.40. The number of hydrogen-bond acceptors (Lipinski definition) is 4. The van der Waals surface area contributed by atoms with Crippen LogP contribution in [0, 0.1) is 5.92 Å². The van der Waals surface area contributed by atoms with E-state index in [1.165, 1.54) is 0 Å². The summed E-state index contributed by atoms with van der Waals surface area (Å²) >= 11 is 0. The van der Waals surface area contributed by atoms with Gasteiger partial charge in [0.25, 0.3) is 0 Å². The molecule has 1 aliphatic rings. The van der Waals surface area contributed by atoms with Crippen molar-refractivity contribution < 1.29 is 14.3 Å². The summed E-state index contributed by atoms with van der Waals surface area (Å²) in [6.45, 7) is 0.363. The molecule has 1 N–H and O–H groups in total. The zero-order valence-corrected chi connectivity index (χ0v) is 16.0. The minimum atomic E-state index is -0.416. The van der Waals surface area contributed by atoms with Crippen molar-refractivity contribution in [1.29, 1.82) is 0 Å². The average Bonchev–Trinajstić information content (AvgIpc) is 3.17. The van der Waals surface area contributed by atoms with Crippen molar-refractivity contribution in [3.8, 4) is 11.5 Å². The molecular weight excluding hydrogens is 354 g/mol. The molecule has 0 bridgehead atoms. The fourth-order valence-corrected chi connectivity index (χ4v) is 3.60. The summed E-state index contributed by atoms with van der Waals surface area (Å²) in [4.78, 5) is 17.6. The van der Waals surface area contributed by atoms with Gasteiger partial charge in [-0.1, -0.05) is 36.4 Å². The number of aryl methyl sites for hydroxylation is 1. The molecule has 28 heavy (non-hydrogen) atoms. The zero-order valence-electron chi connectivity index (χ0n) is 16.0. The number of para-hydroxylation sites is 2. The molecule has 144 valence electrons. The third-order valence-electron chi connectivity index (χ3n) is 5.10. The van der Waals surface area contributed by atoms with E-state index in [0.29, 0.717) is 18.8 Å². The van der Waals surface area contributed by atoms with Crippen molar-refractivity contribution in [3.63, 3.8) is 0 Å². The van der Waals surface area contributed by atoms with E-state index in [4.69, 9.17) is 9.47 Å². The van der Waals surface area contributed by atoms with Gasteiger partial charge in [0, 0.05) is 25.0 Å². The fourth-order valence-electron chi connectivity index (χ4n) is 3.60. The monoisotopic (exact) mass is 377 g/mol. The highest BCUT2D eigenvalue weighted by molar-refractivity contribution is 5.80. The standard InChI is InChI=1S/C22H23N3O3/c1-25-12-11-23-21(25)20(17-8-4-6-10-19(17)27-2)24-22(26)16-13-15-7-3-5-9-18(15)28-14-16/h3-12,16,20H,13-14H2,1-2H3,(H,24,26). The van der Waals surface area contributed by atoms with Crippen LogP contribution < -0.4 is 14.8 Å². The van der Waals surface area contributed by atoms with E-state index in [1.807, 2.05) is 66.3 Å². The second-order valence-electron chi connectivity index (χ2n) is 6.90. The summed E-state index contributed by atoms with van der Waals surface area (Å²) in [7, 11) is 3.54. The number of imidazole rings is 1. The van der Waals surface area contributed by atoms with Gasteiger partial charge in [-0.15, -0.1) is 0 Å². The van der Waals surface area contributed by atoms with Crippen molar-refractivity contribution >= 4 is 5.91 Å². The van der Waals surface area contributed by atoms with Gasteiger partial charge in [-0.3, -0.25) is 4.79 Å². The first-order valence-electron chi connectivity index (χ1n) is 9.28. The van der Waals surface area contributed by atoms with Crippen LogP contribution in [0.2, 0.25) is 0 Å². The van der Waals surface area contributed by atoms with Crippen LogP contribution in [0.3, 0.4) is 0 Å². The minimum absolute atomic E-state index is 0.0617. The normalized spacial score (nSPS) is 16.6. The number of fused-ring (bicyclic) bond motifs is 1. The second kappa shape index (κ2) is 7.76. The third kappa shape index (κ3) is 3.45. The zero-order chi connectivity index (χ0) is 19.5. The van der Waals surface area contributed by atoms with E-state index in [9.17, 15) is 4.79 Å². The molecular formula is C22H23N3O3. The maximum atomic E-state index is 13.1. The van der Waals surface area contributed by atoms with Crippen molar-refractivity contribution in [1.82, 2.24) is 14.9 Å². The molecule has 2 aromatic carbocycles. The molecule has 0 saturated heterocycles. The first-order valence-corrected chi connectivity index (χ1v) is 9.28. The Bertz CT molecular complexity index is 982. The van der Waals surface area contributed by atoms with E-state index >= 15 is 0 Å². The number of carbonyl (C=O) groups excluding carboxylic acids is 1. The maximum Gasteiger partial charge on any atom is 0.227 e. The molecule has 2 heterocycles. The Kier molecular flexibility index (Phi) is 5.02. The van der Waals surface area contributed by atoms with E-state index in [2.05, 4.69) is 10.3 Å². The number of methoxy groups -OCH3 is 1. The topological polar surface area (TPSA) is 65.4 Å². The number of ether oxygens (including phenoxy) is 2. The van der Waals surface area contributed by atoms with E-state index in [0.717, 1.165) is 22.7 Å². The molecule has 0 spiro atoms. The van der Waals surface area contributed by atoms with Crippen molar-refractivity contribution in [2.75, 3.05) is 13.7 Å². The smallest absolute Gasteiger partial charge is 0.227 e. The molecule has 4 rings (SSSR count). The van der Waals surface area contributed by atoms with Gasteiger partial charge in [0.15, 0.2) is 0 Å². The number of hydrogen-bond donors (Lipinski definition) is 1. The number of rotatable bonds is 5. The highest BCUT2D eigenvalue weighted by Crippen LogP contribution is 2.31. The van der Waals surface area contributed by atoms with Gasteiger partial charge in [-0.2, -0.15) is 0 Å². The van der Waals surface area contributed by atoms with E-state index in [1.54, 1.807) is 13.3 Å².